The summed E-state index contributed by atoms with van der Waals surface area (Å²) in [5.41, 5.74) is 7.89. The van der Waals surface area contributed by atoms with Gasteiger partial charge in [0.2, 0.25) is 0 Å². The molecular formula is C12H10BrN3. The average molecular weight is 276 g/mol. The van der Waals surface area contributed by atoms with Gasteiger partial charge in [-0.3, -0.25) is 0 Å². The van der Waals surface area contributed by atoms with Gasteiger partial charge in [-0.15, -0.1) is 5.11 Å². The first kappa shape index (κ1) is 10.8. The van der Waals surface area contributed by atoms with Gasteiger partial charge in [-0.25, -0.2) is 0 Å². The van der Waals surface area contributed by atoms with Gasteiger partial charge in [0.05, 0.1) is 11.4 Å². The number of rotatable bonds is 2. The average Bonchev–Trinajstić information content (AvgIpc) is 2.30. The van der Waals surface area contributed by atoms with E-state index in [-0.39, 0.29) is 0 Å². The topological polar surface area (TPSA) is 50.7 Å². The van der Waals surface area contributed by atoms with Crippen molar-refractivity contribution in [1.29, 1.82) is 0 Å². The lowest BCUT2D eigenvalue weighted by Gasteiger charge is -1.96. The van der Waals surface area contributed by atoms with E-state index >= 15 is 0 Å². The van der Waals surface area contributed by atoms with Crippen molar-refractivity contribution in [3.05, 3.63) is 53.0 Å². The third-order valence-corrected chi connectivity index (χ3v) is 2.69. The van der Waals surface area contributed by atoms with Crippen molar-refractivity contribution >= 4 is 33.0 Å². The van der Waals surface area contributed by atoms with Crippen LogP contribution in [0, 0.1) is 0 Å². The third-order valence-electron chi connectivity index (χ3n) is 2.02. The number of nitrogens with two attached hydrogens (primary N) is 1. The monoisotopic (exact) mass is 275 g/mol. The highest BCUT2D eigenvalue weighted by atomic mass is 79.9. The first-order chi connectivity index (χ1) is 7.75. The molecule has 0 bridgehead atoms. The van der Waals surface area contributed by atoms with Crippen molar-refractivity contribution < 1.29 is 0 Å². The van der Waals surface area contributed by atoms with E-state index in [0.717, 1.165) is 21.5 Å². The minimum absolute atomic E-state index is 0.722. The Morgan fingerprint density at radius 2 is 1.56 bits per heavy atom. The van der Waals surface area contributed by atoms with Crippen LogP contribution < -0.4 is 5.73 Å². The van der Waals surface area contributed by atoms with Crippen LogP contribution >= 0.6 is 15.9 Å². The van der Waals surface area contributed by atoms with E-state index in [9.17, 15) is 0 Å². The van der Waals surface area contributed by atoms with Crippen LogP contribution in [0.25, 0.3) is 0 Å². The van der Waals surface area contributed by atoms with Gasteiger partial charge in [-0.2, -0.15) is 5.11 Å². The van der Waals surface area contributed by atoms with Gasteiger partial charge in [0, 0.05) is 10.2 Å². The zero-order chi connectivity index (χ0) is 11.4. The van der Waals surface area contributed by atoms with E-state index in [1.165, 1.54) is 0 Å². The fraction of sp³-hybridized carbons (Fsp3) is 0. The maximum Gasteiger partial charge on any atom is 0.0998 e. The van der Waals surface area contributed by atoms with Crippen LogP contribution in [0.3, 0.4) is 0 Å². The largest absolute Gasteiger partial charge is 0.399 e. The summed E-state index contributed by atoms with van der Waals surface area (Å²) in [5, 5.41) is 8.26. The summed E-state index contributed by atoms with van der Waals surface area (Å²) in [4.78, 5) is 0. The number of nitrogen functional groups attached to an aromatic ring is 1. The molecule has 0 spiro atoms. The Bertz CT molecular complexity index is 506. The zero-order valence-corrected chi connectivity index (χ0v) is 10.1. The second kappa shape index (κ2) is 4.90. The van der Waals surface area contributed by atoms with Crippen LogP contribution in [0.4, 0.5) is 17.1 Å². The molecule has 16 heavy (non-hydrogen) atoms. The van der Waals surface area contributed by atoms with Crippen LogP contribution in [-0.2, 0) is 0 Å². The normalized spacial score (nSPS) is 10.8. The molecule has 2 rings (SSSR count). The molecular weight excluding hydrogens is 266 g/mol. The van der Waals surface area contributed by atoms with Gasteiger partial charge in [0.15, 0.2) is 0 Å². The molecule has 0 heterocycles. The molecule has 0 fully saturated rings. The molecule has 4 heteroatoms. The summed E-state index contributed by atoms with van der Waals surface area (Å²) in [6.45, 7) is 0. The maximum atomic E-state index is 5.58. The Morgan fingerprint density at radius 3 is 2.25 bits per heavy atom. The van der Waals surface area contributed by atoms with Gasteiger partial charge in [0.25, 0.3) is 0 Å². The predicted molar refractivity (Wildman–Crippen MR) is 69.2 cm³/mol. The maximum absolute atomic E-state index is 5.58. The van der Waals surface area contributed by atoms with Crippen molar-refractivity contribution in [2.75, 3.05) is 5.73 Å². The number of hydrogen-bond donors (Lipinski definition) is 1. The molecule has 0 atom stereocenters. The van der Waals surface area contributed by atoms with E-state index in [2.05, 4.69) is 26.2 Å². The van der Waals surface area contributed by atoms with Gasteiger partial charge >= 0.3 is 0 Å². The molecule has 2 aromatic carbocycles. The Hall–Kier alpha value is -1.68. The van der Waals surface area contributed by atoms with E-state index in [0.29, 0.717) is 0 Å². The highest BCUT2D eigenvalue weighted by Gasteiger charge is 1.95. The third kappa shape index (κ3) is 2.67. The Morgan fingerprint density at radius 1 is 0.875 bits per heavy atom. The first-order valence-corrected chi connectivity index (χ1v) is 5.57. The summed E-state index contributed by atoms with van der Waals surface area (Å²) in [6, 6.07) is 14.9. The lowest BCUT2D eigenvalue weighted by Crippen LogP contribution is -1.80. The molecule has 2 N–H and O–H groups in total. The van der Waals surface area contributed by atoms with E-state index in [4.69, 9.17) is 5.73 Å². The van der Waals surface area contributed by atoms with Crippen LogP contribution in [0.2, 0.25) is 0 Å². The molecule has 0 aliphatic heterocycles. The highest BCUT2D eigenvalue weighted by molar-refractivity contribution is 9.10. The van der Waals surface area contributed by atoms with Gasteiger partial charge in [0.1, 0.15) is 0 Å². The fourth-order valence-electron chi connectivity index (χ4n) is 1.19. The molecule has 0 saturated carbocycles. The van der Waals surface area contributed by atoms with Crippen molar-refractivity contribution in [3.63, 3.8) is 0 Å². The summed E-state index contributed by atoms with van der Waals surface area (Å²) in [6.07, 6.45) is 0. The smallest absolute Gasteiger partial charge is 0.0998 e. The standard InChI is InChI=1S/C12H10BrN3/c13-11-3-1-2-4-12(11)16-15-10-7-5-9(14)6-8-10/h1-8H,14H2. The molecule has 0 aliphatic carbocycles. The quantitative estimate of drug-likeness (QED) is 0.639. The minimum Gasteiger partial charge on any atom is -0.399 e. The SMILES string of the molecule is Nc1ccc(N=Nc2ccccc2Br)cc1. The Balaban J connectivity index is 2.21. The van der Waals surface area contributed by atoms with Crippen molar-refractivity contribution in [2.24, 2.45) is 10.2 Å². The molecule has 0 radical (unpaired) electrons. The molecule has 2 aromatic rings. The Labute approximate surface area is 102 Å². The summed E-state index contributed by atoms with van der Waals surface area (Å²) in [5.74, 6) is 0. The van der Waals surface area contributed by atoms with Crippen molar-refractivity contribution in [1.82, 2.24) is 0 Å². The van der Waals surface area contributed by atoms with Crippen molar-refractivity contribution in [3.8, 4) is 0 Å². The molecule has 0 aromatic heterocycles. The second-order valence-electron chi connectivity index (χ2n) is 3.24. The van der Waals surface area contributed by atoms with Crippen molar-refractivity contribution in [2.45, 2.75) is 0 Å². The Kier molecular flexibility index (Phi) is 3.31. The van der Waals surface area contributed by atoms with Crippen LogP contribution in [0.5, 0.6) is 0 Å². The van der Waals surface area contributed by atoms with E-state index in [1.807, 2.05) is 36.4 Å². The van der Waals surface area contributed by atoms with Crippen LogP contribution in [-0.4, -0.2) is 0 Å². The zero-order valence-electron chi connectivity index (χ0n) is 8.47. The fourth-order valence-corrected chi connectivity index (χ4v) is 1.55. The summed E-state index contributed by atoms with van der Waals surface area (Å²) < 4.78 is 0.925. The molecule has 0 saturated heterocycles. The number of azo groups is 1. The van der Waals surface area contributed by atoms with Crippen LogP contribution in [0.1, 0.15) is 0 Å². The van der Waals surface area contributed by atoms with Crippen LogP contribution in [0.15, 0.2) is 63.2 Å². The molecule has 0 amide bonds. The number of anilines is 1. The van der Waals surface area contributed by atoms with Gasteiger partial charge in [-0.05, 0) is 52.3 Å². The lowest BCUT2D eigenvalue weighted by atomic mass is 10.3. The molecule has 0 unspecified atom stereocenters. The van der Waals surface area contributed by atoms with Gasteiger partial charge in [-0.1, -0.05) is 12.1 Å². The number of nitrogens with zero attached hydrogens (tertiary/aromatic N) is 2. The molecule has 0 aliphatic rings. The first-order valence-electron chi connectivity index (χ1n) is 4.77. The summed E-state index contributed by atoms with van der Waals surface area (Å²) >= 11 is 3.41. The summed E-state index contributed by atoms with van der Waals surface area (Å²) in [7, 11) is 0. The van der Waals surface area contributed by atoms with Gasteiger partial charge < -0.3 is 5.73 Å². The lowest BCUT2D eigenvalue weighted by molar-refractivity contribution is 1.22. The van der Waals surface area contributed by atoms with E-state index < -0.39 is 0 Å². The van der Waals surface area contributed by atoms with E-state index in [1.54, 1.807) is 12.1 Å². The number of hydrogen-bond acceptors (Lipinski definition) is 3. The second-order valence-corrected chi connectivity index (χ2v) is 4.10. The highest BCUT2D eigenvalue weighted by Crippen LogP contribution is 2.26. The minimum atomic E-state index is 0.722. The number of benzene rings is 2. The molecule has 80 valence electrons. The number of halogens is 1. The molecule has 3 nitrogen and oxygen atoms in total. The predicted octanol–water partition coefficient (Wildman–Crippen LogP) is 4.45.